The third-order valence-corrected chi connectivity index (χ3v) is 2.88. The Morgan fingerprint density at radius 1 is 1.44 bits per heavy atom. The van der Waals surface area contributed by atoms with Crippen molar-refractivity contribution in [2.75, 3.05) is 0 Å². The zero-order chi connectivity index (χ0) is 11.7. The van der Waals surface area contributed by atoms with Crippen molar-refractivity contribution in [2.24, 2.45) is 0 Å². The van der Waals surface area contributed by atoms with Gasteiger partial charge in [-0.15, -0.1) is 6.58 Å². The number of aliphatic hydroxyl groups is 1. The van der Waals surface area contributed by atoms with Crippen molar-refractivity contribution in [3.8, 4) is 0 Å². The minimum Gasteiger partial charge on any atom is -0.387 e. The second-order valence-electron chi connectivity index (χ2n) is 4.39. The Hall–Kier alpha value is -1.54. The predicted molar refractivity (Wildman–Crippen MR) is 67.4 cm³/mol. The van der Waals surface area contributed by atoms with Crippen molar-refractivity contribution in [2.45, 2.75) is 26.4 Å². The lowest BCUT2D eigenvalue weighted by Gasteiger charge is -2.09. The molecule has 1 aromatic heterocycles. The largest absolute Gasteiger partial charge is 0.387 e. The fourth-order valence-corrected chi connectivity index (χ4v) is 2.07. The Bertz CT molecular complexity index is 525. The number of benzene rings is 1. The topological polar surface area (TPSA) is 36.0 Å². The molecule has 0 aliphatic heterocycles. The Morgan fingerprint density at radius 2 is 2.12 bits per heavy atom. The summed E-state index contributed by atoms with van der Waals surface area (Å²) in [6.45, 7) is 7.80. The zero-order valence-electron chi connectivity index (χ0n) is 9.75. The van der Waals surface area contributed by atoms with Crippen molar-refractivity contribution < 1.29 is 5.11 Å². The summed E-state index contributed by atoms with van der Waals surface area (Å²) in [5.74, 6) is 0. The number of H-pyrrole nitrogens is 1. The molecule has 0 saturated heterocycles. The van der Waals surface area contributed by atoms with Crippen LogP contribution in [0.4, 0.5) is 0 Å². The minimum atomic E-state index is -0.482. The molecule has 0 saturated carbocycles. The lowest BCUT2D eigenvalue weighted by Crippen LogP contribution is -1.99. The van der Waals surface area contributed by atoms with Crippen molar-refractivity contribution >= 4 is 10.9 Å². The summed E-state index contributed by atoms with van der Waals surface area (Å²) in [6.07, 6.45) is 0.123. The van der Waals surface area contributed by atoms with Crippen LogP contribution in [0.15, 0.2) is 36.4 Å². The number of aromatic nitrogens is 1. The molecule has 2 heteroatoms. The first-order chi connectivity index (χ1) is 7.59. The van der Waals surface area contributed by atoms with Gasteiger partial charge in [-0.3, -0.25) is 0 Å². The van der Waals surface area contributed by atoms with Gasteiger partial charge in [0.2, 0.25) is 0 Å². The Balaban J connectivity index is 2.45. The molecule has 0 aliphatic rings. The first-order valence-electron chi connectivity index (χ1n) is 5.49. The molecule has 16 heavy (non-hydrogen) atoms. The highest BCUT2D eigenvalue weighted by Gasteiger charge is 2.14. The van der Waals surface area contributed by atoms with Gasteiger partial charge in [-0.05, 0) is 31.9 Å². The second kappa shape index (κ2) is 4.14. The van der Waals surface area contributed by atoms with E-state index >= 15 is 0 Å². The number of para-hydroxylation sites is 1. The molecular weight excluding hydrogens is 198 g/mol. The van der Waals surface area contributed by atoms with Crippen molar-refractivity contribution in [3.05, 3.63) is 47.7 Å². The van der Waals surface area contributed by atoms with Crippen LogP contribution in [0.2, 0.25) is 0 Å². The van der Waals surface area contributed by atoms with Gasteiger partial charge < -0.3 is 10.1 Å². The third-order valence-electron chi connectivity index (χ3n) is 2.88. The zero-order valence-corrected chi connectivity index (χ0v) is 9.75. The maximum Gasteiger partial charge on any atom is 0.0977 e. The fraction of sp³-hybridized carbons (Fsp3) is 0.286. The monoisotopic (exact) mass is 215 g/mol. The lowest BCUT2D eigenvalue weighted by molar-refractivity contribution is 0.174. The molecule has 2 nitrogen and oxygen atoms in total. The normalized spacial score (nSPS) is 12.9. The summed E-state index contributed by atoms with van der Waals surface area (Å²) in [5, 5.41) is 11.3. The maximum absolute atomic E-state index is 10.1. The van der Waals surface area contributed by atoms with E-state index in [9.17, 15) is 5.11 Å². The summed E-state index contributed by atoms with van der Waals surface area (Å²) in [7, 11) is 0. The molecule has 0 spiro atoms. The van der Waals surface area contributed by atoms with Gasteiger partial charge in [0, 0.05) is 16.6 Å². The Kier molecular flexibility index (Phi) is 2.84. The number of aryl methyl sites for hydroxylation is 1. The maximum atomic E-state index is 10.1. The fourth-order valence-electron chi connectivity index (χ4n) is 2.07. The average Bonchev–Trinajstić information content (AvgIpc) is 2.56. The summed E-state index contributed by atoms with van der Waals surface area (Å²) >= 11 is 0. The van der Waals surface area contributed by atoms with E-state index in [0.29, 0.717) is 6.42 Å². The molecule has 0 fully saturated rings. The number of fused-ring (bicyclic) bond motifs is 1. The van der Waals surface area contributed by atoms with Crippen LogP contribution in [0.25, 0.3) is 10.9 Å². The number of aliphatic hydroxyl groups excluding tert-OH is 1. The van der Waals surface area contributed by atoms with Crippen LogP contribution in [0.1, 0.15) is 30.7 Å². The summed E-state index contributed by atoms with van der Waals surface area (Å²) in [6, 6.07) is 8.10. The molecule has 84 valence electrons. The van der Waals surface area contributed by atoms with E-state index in [1.807, 2.05) is 32.0 Å². The highest BCUT2D eigenvalue weighted by atomic mass is 16.3. The van der Waals surface area contributed by atoms with E-state index in [1.165, 1.54) is 5.39 Å². The van der Waals surface area contributed by atoms with Gasteiger partial charge in [0.05, 0.1) is 6.10 Å². The number of hydrogen-bond acceptors (Lipinski definition) is 1. The first kappa shape index (κ1) is 11.0. The van der Waals surface area contributed by atoms with E-state index in [1.54, 1.807) is 0 Å². The number of nitrogens with one attached hydrogen (secondary N) is 1. The summed E-state index contributed by atoms with van der Waals surface area (Å²) in [5.41, 5.74) is 4.11. The molecular formula is C14H17NO. The highest BCUT2D eigenvalue weighted by molar-refractivity contribution is 5.84. The van der Waals surface area contributed by atoms with Gasteiger partial charge in [-0.2, -0.15) is 0 Å². The van der Waals surface area contributed by atoms with Crippen molar-refractivity contribution in [1.82, 2.24) is 4.98 Å². The Labute approximate surface area is 95.6 Å². The van der Waals surface area contributed by atoms with Crippen LogP contribution in [0, 0.1) is 6.92 Å². The van der Waals surface area contributed by atoms with Gasteiger partial charge in [-0.1, -0.05) is 23.8 Å². The van der Waals surface area contributed by atoms with Gasteiger partial charge in [0.25, 0.3) is 0 Å². The third kappa shape index (κ3) is 1.89. The molecule has 2 N–H and O–H groups in total. The Morgan fingerprint density at radius 3 is 2.75 bits per heavy atom. The molecule has 1 unspecified atom stereocenters. The molecule has 0 aliphatic carbocycles. The van der Waals surface area contributed by atoms with Crippen LogP contribution < -0.4 is 0 Å². The van der Waals surface area contributed by atoms with Crippen molar-refractivity contribution in [3.63, 3.8) is 0 Å². The summed E-state index contributed by atoms with van der Waals surface area (Å²) in [4.78, 5) is 3.28. The molecule has 2 rings (SSSR count). The lowest BCUT2D eigenvalue weighted by atomic mass is 10.0. The number of aromatic amines is 1. The second-order valence-corrected chi connectivity index (χ2v) is 4.39. The molecule has 1 heterocycles. The average molecular weight is 215 g/mol. The van der Waals surface area contributed by atoms with Crippen LogP contribution in [0.3, 0.4) is 0 Å². The quantitative estimate of drug-likeness (QED) is 0.755. The van der Waals surface area contributed by atoms with Gasteiger partial charge in [0.1, 0.15) is 0 Å². The molecule has 1 aromatic carbocycles. The molecule has 0 radical (unpaired) electrons. The molecule has 1 atom stereocenters. The molecule has 0 amide bonds. The first-order valence-corrected chi connectivity index (χ1v) is 5.49. The van der Waals surface area contributed by atoms with E-state index in [-0.39, 0.29) is 0 Å². The van der Waals surface area contributed by atoms with Gasteiger partial charge in [-0.25, -0.2) is 0 Å². The van der Waals surface area contributed by atoms with E-state index in [4.69, 9.17) is 0 Å². The van der Waals surface area contributed by atoms with Crippen LogP contribution in [0.5, 0.6) is 0 Å². The van der Waals surface area contributed by atoms with Crippen LogP contribution >= 0.6 is 0 Å². The van der Waals surface area contributed by atoms with E-state index in [2.05, 4.69) is 17.6 Å². The summed E-state index contributed by atoms with van der Waals surface area (Å²) < 4.78 is 0. The number of hydrogen-bond donors (Lipinski definition) is 2. The van der Waals surface area contributed by atoms with Crippen LogP contribution in [-0.4, -0.2) is 10.1 Å². The van der Waals surface area contributed by atoms with Crippen molar-refractivity contribution in [1.29, 1.82) is 0 Å². The minimum absolute atomic E-state index is 0.482. The SMILES string of the molecule is C=C(C)CC(O)c1[nH]c2ccccc2c1C. The van der Waals surface area contributed by atoms with Crippen LogP contribution in [-0.2, 0) is 0 Å². The van der Waals surface area contributed by atoms with Gasteiger partial charge in [0.15, 0.2) is 0 Å². The predicted octanol–water partition coefficient (Wildman–Crippen LogP) is 3.48. The smallest absolute Gasteiger partial charge is 0.0977 e. The number of rotatable bonds is 3. The van der Waals surface area contributed by atoms with Gasteiger partial charge >= 0.3 is 0 Å². The molecule has 0 bridgehead atoms. The standard InChI is InChI=1S/C14H17NO/c1-9(2)8-13(16)14-10(3)11-6-4-5-7-12(11)15-14/h4-7,13,15-16H,1,8H2,2-3H3. The highest BCUT2D eigenvalue weighted by Crippen LogP contribution is 2.28. The van der Waals surface area contributed by atoms with E-state index in [0.717, 1.165) is 22.3 Å². The molecule has 2 aromatic rings. The van der Waals surface area contributed by atoms with E-state index < -0.39 is 6.10 Å².